The number of hydrogen-bond donors (Lipinski definition) is 1. The molecule has 8 heteroatoms. The van der Waals surface area contributed by atoms with Crippen LogP contribution >= 0.6 is 0 Å². The molecule has 1 heterocycles. The van der Waals surface area contributed by atoms with Crippen molar-refractivity contribution in [1.29, 1.82) is 0 Å². The number of amides is 2. The molecule has 0 aromatic heterocycles. The fourth-order valence-corrected chi connectivity index (χ4v) is 2.64. The van der Waals surface area contributed by atoms with Crippen LogP contribution in [-0.4, -0.2) is 67.0 Å². The highest BCUT2D eigenvalue weighted by molar-refractivity contribution is 5.94. The van der Waals surface area contributed by atoms with E-state index >= 15 is 0 Å². The van der Waals surface area contributed by atoms with Gasteiger partial charge in [-0.05, 0) is 38.1 Å². The van der Waals surface area contributed by atoms with E-state index < -0.39 is 6.61 Å². The smallest absolute Gasteiger partial charge is 0.387 e. The van der Waals surface area contributed by atoms with Gasteiger partial charge < -0.3 is 15.0 Å². The predicted octanol–water partition coefficient (Wildman–Crippen LogP) is 1.57. The van der Waals surface area contributed by atoms with Crippen molar-refractivity contribution in [3.8, 4) is 5.75 Å². The fourth-order valence-electron chi connectivity index (χ4n) is 2.64. The molecule has 25 heavy (non-hydrogen) atoms. The number of nitrogens with zero attached hydrogens (tertiary/aromatic N) is 2. The summed E-state index contributed by atoms with van der Waals surface area (Å²) in [6.07, 6.45) is 0. The third-order valence-corrected chi connectivity index (χ3v) is 3.80. The lowest BCUT2D eigenvalue weighted by Gasteiger charge is -2.34. The van der Waals surface area contributed by atoms with Crippen LogP contribution in [0, 0.1) is 0 Å². The van der Waals surface area contributed by atoms with Gasteiger partial charge in [-0.15, -0.1) is 0 Å². The van der Waals surface area contributed by atoms with Crippen molar-refractivity contribution in [1.82, 2.24) is 15.1 Å². The predicted molar refractivity (Wildman–Crippen MR) is 88.7 cm³/mol. The molecule has 6 nitrogen and oxygen atoms in total. The monoisotopic (exact) mass is 355 g/mol. The maximum atomic E-state index is 12.4. The van der Waals surface area contributed by atoms with Crippen LogP contribution in [0.2, 0.25) is 0 Å². The molecule has 1 aliphatic rings. The van der Waals surface area contributed by atoms with E-state index in [9.17, 15) is 18.4 Å². The lowest BCUT2D eigenvalue weighted by Crippen LogP contribution is -2.51. The SMILES string of the molecule is CC(C)NC(=O)CN1CCN(C(=O)c2ccc(OC(F)F)cc2)CC1. The zero-order valence-corrected chi connectivity index (χ0v) is 14.4. The number of nitrogens with one attached hydrogen (secondary N) is 1. The van der Waals surface area contributed by atoms with E-state index in [1.165, 1.54) is 24.3 Å². The van der Waals surface area contributed by atoms with Gasteiger partial charge in [-0.1, -0.05) is 0 Å². The number of carbonyl (C=O) groups is 2. The second-order valence-corrected chi connectivity index (χ2v) is 6.19. The van der Waals surface area contributed by atoms with Crippen LogP contribution in [0.15, 0.2) is 24.3 Å². The van der Waals surface area contributed by atoms with Crippen LogP contribution in [0.5, 0.6) is 5.75 Å². The average molecular weight is 355 g/mol. The van der Waals surface area contributed by atoms with Gasteiger partial charge in [0.05, 0.1) is 6.54 Å². The summed E-state index contributed by atoms with van der Waals surface area (Å²) in [7, 11) is 0. The lowest BCUT2D eigenvalue weighted by atomic mass is 10.1. The number of piperazine rings is 1. The van der Waals surface area contributed by atoms with E-state index in [0.29, 0.717) is 38.3 Å². The molecule has 138 valence electrons. The quantitative estimate of drug-likeness (QED) is 0.842. The molecule has 1 aromatic rings. The number of ether oxygens (including phenoxy) is 1. The molecule has 1 saturated heterocycles. The van der Waals surface area contributed by atoms with Crippen LogP contribution in [-0.2, 0) is 4.79 Å². The Balaban J connectivity index is 1.83. The second kappa shape index (κ2) is 8.75. The molecule has 1 N–H and O–H groups in total. The summed E-state index contributed by atoms with van der Waals surface area (Å²) in [4.78, 5) is 27.9. The maximum absolute atomic E-state index is 12.4. The minimum Gasteiger partial charge on any atom is -0.435 e. The molecule has 1 aromatic carbocycles. The highest BCUT2D eigenvalue weighted by Crippen LogP contribution is 2.16. The van der Waals surface area contributed by atoms with Gasteiger partial charge in [0.15, 0.2) is 0 Å². The first-order valence-electron chi connectivity index (χ1n) is 8.21. The first-order chi connectivity index (χ1) is 11.8. The first-order valence-corrected chi connectivity index (χ1v) is 8.21. The lowest BCUT2D eigenvalue weighted by molar-refractivity contribution is -0.123. The number of alkyl halides is 2. The van der Waals surface area contributed by atoms with Gasteiger partial charge in [0.25, 0.3) is 5.91 Å². The number of halogens is 2. The normalized spacial score (nSPS) is 15.5. The highest BCUT2D eigenvalue weighted by atomic mass is 19.3. The Morgan fingerprint density at radius 3 is 2.24 bits per heavy atom. The van der Waals surface area contributed by atoms with Gasteiger partial charge in [-0.25, -0.2) is 0 Å². The van der Waals surface area contributed by atoms with Gasteiger partial charge >= 0.3 is 6.61 Å². The summed E-state index contributed by atoms with van der Waals surface area (Å²) in [5.41, 5.74) is 0.424. The Kier molecular flexibility index (Phi) is 6.69. The molecule has 0 saturated carbocycles. The number of benzene rings is 1. The maximum Gasteiger partial charge on any atom is 0.387 e. The summed E-state index contributed by atoms with van der Waals surface area (Å²) in [6.45, 7) is 3.51. The Morgan fingerprint density at radius 1 is 1.12 bits per heavy atom. The number of carbonyl (C=O) groups excluding carboxylic acids is 2. The van der Waals surface area contributed by atoms with E-state index in [0.717, 1.165) is 0 Å². The zero-order chi connectivity index (χ0) is 18.4. The largest absolute Gasteiger partial charge is 0.435 e. The molecule has 2 rings (SSSR count). The molecule has 0 spiro atoms. The third-order valence-electron chi connectivity index (χ3n) is 3.80. The van der Waals surface area contributed by atoms with Crippen molar-refractivity contribution in [2.24, 2.45) is 0 Å². The number of hydrogen-bond acceptors (Lipinski definition) is 4. The molecular formula is C17H23F2N3O3. The Bertz CT molecular complexity index is 585. The Hall–Kier alpha value is -2.22. The van der Waals surface area contributed by atoms with Crippen LogP contribution in [0.3, 0.4) is 0 Å². The van der Waals surface area contributed by atoms with Crippen molar-refractivity contribution in [2.45, 2.75) is 26.5 Å². The average Bonchev–Trinajstić information content (AvgIpc) is 2.54. The third kappa shape index (κ3) is 5.97. The highest BCUT2D eigenvalue weighted by Gasteiger charge is 2.23. The summed E-state index contributed by atoms with van der Waals surface area (Å²) in [6, 6.07) is 5.76. The summed E-state index contributed by atoms with van der Waals surface area (Å²) < 4.78 is 28.5. The standard InChI is InChI=1S/C17H23F2N3O3/c1-12(2)20-15(23)11-21-7-9-22(10-8-21)16(24)13-3-5-14(6-4-13)25-17(18)19/h3-6,12,17H,7-11H2,1-2H3,(H,20,23). The minimum atomic E-state index is -2.89. The van der Waals surface area contributed by atoms with Crippen LogP contribution < -0.4 is 10.1 Å². The number of rotatable bonds is 6. The Labute approximate surface area is 145 Å². The molecule has 0 radical (unpaired) electrons. The Morgan fingerprint density at radius 2 is 1.72 bits per heavy atom. The van der Waals surface area contributed by atoms with E-state index in [-0.39, 0.29) is 23.6 Å². The molecule has 0 aliphatic carbocycles. The van der Waals surface area contributed by atoms with E-state index in [2.05, 4.69) is 10.1 Å². The van der Waals surface area contributed by atoms with Crippen LogP contribution in [0.25, 0.3) is 0 Å². The summed E-state index contributed by atoms with van der Waals surface area (Å²) in [5, 5.41) is 2.84. The van der Waals surface area contributed by atoms with Gasteiger partial charge in [-0.3, -0.25) is 14.5 Å². The van der Waals surface area contributed by atoms with E-state index in [4.69, 9.17) is 0 Å². The molecule has 0 unspecified atom stereocenters. The molecule has 0 bridgehead atoms. The molecule has 1 fully saturated rings. The van der Waals surface area contributed by atoms with Crippen molar-refractivity contribution < 1.29 is 23.1 Å². The molecule has 2 amide bonds. The summed E-state index contributed by atoms with van der Waals surface area (Å²) in [5.74, 6) is -0.160. The van der Waals surface area contributed by atoms with Crippen LogP contribution in [0.4, 0.5) is 8.78 Å². The zero-order valence-electron chi connectivity index (χ0n) is 14.4. The van der Waals surface area contributed by atoms with Crippen molar-refractivity contribution in [3.05, 3.63) is 29.8 Å². The molecule has 1 aliphatic heterocycles. The van der Waals surface area contributed by atoms with E-state index in [1.807, 2.05) is 18.7 Å². The second-order valence-electron chi connectivity index (χ2n) is 6.19. The van der Waals surface area contributed by atoms with Crippen molar-refractivity contribution >= 4 is 11.8 Å². The summed E-state index contributed by atoms with van der Waals surface area (Å²) >= 11 is 0. The van der Waals surface area contributed by atoms with E-state index in [1.54, 1.807) is 4.90 Å². The van der Waals surface area contributed by atoms with Gasteiger partial charge in [0, 0.05) is 37.8 Å². The minimum absolute atomic E-state index is 0.0209. The van der Waals surface area contributed by atoms with Gasteiger partial charge in [0.2, 0.25) is 5.91 Å². The van der Waals surface area contributed by atoms with Crippen LogP contribution in [0.1, 0.15) is 24.2 Å². The molecular weight excluding hydrogens is 332 g/mol. The molecule has 0 atom stereocenters. The van der Waals surface area contributed by atoms with Gasteiger partial charge in [-0.2, -0.15) is 8.78 Å². The first kappa shape index (κ1) is 19.1. The van der Waals surface area contributed by atoms with Crippen molar-refractivity contribution in [2.75, 3.05) is 32.7 Å². The van der Waals surface area contributed by atoms with Crippen molar-refractivity contribution in [3.63, 3.8) is 0 Å². The topological polar surface area (TPSA) is 61.9 Å². The van der Waals surface area contributed by atoms with Gasteiger partial charge in [0.1, 0.15) is 5.75 Å². The fraction of sp³-hybridized carbons (Fsp3) is 0.529.